The number of hydrogen-bond acceptors (Lipinski definition) is 4. The smallest absolute Gasteiger partial charge is 0.233 e. The van der Waals surface area contributed by atoms with Gasteiger partial charge >= 0.3 is 0 Å². The predicted molar refractivity (Wildman–Crippen MR) is 81.6 cm³/mol. The highest BCUT2D eigenvalue weighted by Gasteiger charge is 2.38. The van der Waals surface area contributed by atoms with Crippen LogP contribution in [0.15, 0.2) is 0 Å². The van der Waals surface area contributed by atoms with Crippen LogP contribution in [0.1, 0.15) is 44.9 Å². The average molecular weight is 317 g/mol. The van der Waals surface area contributed by atoms with Crippen molar-refractivity contribution in [3.8, 4) is 0 Å². The van der Waals surface area contributed by atoms with E-state index in [1.807, 2.05) is 0 Å². The molecule has 0 bridgehead atoms. The molecule has 3 aliphatic rings. The number of thioether (sulfide) groups is 1. The maximum absolute atomic E-state index is 12.5. The van der Waals surface area contributed by atoms with E-state index in [0.29, 0.717) is 30.0 Å². The zero-order chi connectivity index (χ0) is 14.2. The third-order valence-corrected chi connectivity index (χ3v) is 7.85. The lowest BCUT2D eigenvalue weighted by atomic mass is 10.2. The van der Waals surface area contributed by atoms with Gasteiger partial charge < -0.3 is 4.90 Å². The Morgan fingerprint density at radius 2 is 1.70 bits per heavy atom. The molecule has 2 aliphatic carbocycles. The van der Waals surface area contributed by atoms with Crippen molar-refractivity contribution in [3.05, 3.63) is 0 Å². The molecule has 3 rings (SSSR count). The second kappa shape index (κ2) is 5.87. The van der Waals surface area contributed by atoms with Crippen molar-refractivity contribution >= 4 is 27.5 Å². The largest absolute Gasteiger partial charge is 0.336 e. The van der Waals surface area contributed by atoms with Crippen LogP contribution in [0.25, 0.3) is 0 Å². The lowest BCUT2D eigenvalue weighted by Crippen LogP contribution is -2.41. The lowest BCUT2D eigenvalue weighted by Gasteiger charge is -2.29. The van der Waals surface area contributed by atoms with Crippen LogP contribution in [-0.2, 0) is 14.6 Å². The lowest BCUT2D eigenvalue weighted by molar-refractivity contribution is -0.131. The Hall–Kier alpha value is -0.230. The number of rotatable bonds is 5. The summed E-state index contributed by atoms with van der Waals surface area (Å²) in [5, 5.41) is 0.133. The molecule has 0 spiro atoms. The van der Waals surface area contributed by atoms with Crippen molar-refractivity contribution in [1.29, 1.82) is 0 Å². The first-order chi connectivity index (χ1) is 9.55. The minimum Gasteiger partial charge on any atom is -0.336 e. The quantitative estimate of drug-likeness (QED) is 0.776. The highest BCUT2D eigenvalue weighted by Crippen LogP contribution is 2.35. The zero-order valence-electron chi connectivity index (χ0n) is 11.8. The SMILES string of the molecule is O=C(CS[C@@H]1CCS(=O)(=O)C1)N(C1CCCC1)C1CC1. The van der Waals surface area contributed by atoms with Gasteiger partial charge in [0.1, 0.15) is 0 Å². The van der Waals surface area contributed by atoms with Crippen LogP contribution < -0.4 is 0 Å². The van der Waals surface area contributed by atoms with Gasteiger partial charge in [0.15, 0.2) is 9.84 Å². The molecule has 0 unspecified atom stereocenters. The third-order valence-electron chi connectivity index (χ3n) is 4.58. The topological polar surface area (TPSA) is 54.5 Å². The normalized spacial score (nSPS) is 29.7. The molecule has 0 N–H and O–H groups in total. The fourth-order valence-corrected chi connectivity index (χ4v) is 6.91. The van der Waals surface area contributed by atoms with E-state index in [-0.39, 0.29) is 16.9 Å². The molecule has 6 heteroatoms. The van der Waals surface area contributed by atoms with Crippen molar-refractivity contribution < 1.29 is 13.2 Å². The fourth-order valence-electron chi connectivity index (χ4n) is 3.40. The van der Waals surface area contributed by atoms with Crippen molar-refractivity contribution in [2.75, 3.05) is 17.3 Å². The molecule has 0 radical (unpaired) electrons. The van der Waals surface area contributed by atoms with Crippen LogP contribution in [0, 0.1) is 0 Å². The highest BCUT2D eigenvalue weighted by molar-refractivity contribution is 8.02. The molecule has 114 valence electrons. The summed E-state index contributed by atoms with van der Waals surface area (Å²) in [6.45, 7) is 0. The summed E-state index contributed by atoms with van der Waals surface area (Å²) >= 11 is 1.56. The van der Waals surface area contributed by atoms with Gasteiger partial charge in [-0.1, -0.05) is 12.8 Å². The summed E-state index contributed by atoms with van der Waals surface area (Å²) in [5.41, 5.74) is 0. The van der Waals surface area contributed by atoms with E-state index in [1.165, 1.54) is 12.8 Å². The number of hydrogen-bond donors (Lipinski definition) is 0. The van der Waals surface area contributed by atoms with Gasteiger partial charge in [0.25, 0.3) is 0 Å². The van der Waals surface area contributed by atoms with Crippen LogP contribution in [0.3, 0.4) is 0 Å². The Kier molecular flexibility index (Phi) is 4.32. The Labute approximate surface area is 125 Å². The first kappa shape index (κ1) is 14.7. The molecule has 20 heavy (non-hydrogen) atoms. The van der Waals surface area contributed by atoms with E-state index < -0.39 is 9.84 Å². The molecule has 1 heterocycles. The number of carbonyl (C=O) groups is 1. The summed E-state index contributed by atoms with van der Waals surface area (Å²) in [7, 11) is -2.83. The van der Waals surface area contributed by atoms with Gasteiger partial charge in [0.2, 0.25) is 5.91 Å². The Morgan fingerprint density at radius 3 is 2.25 bits per heavy atom. The molecule has 1 amide bonds. The number of carbonyl (C=O) groups excluding carboxylic acids is 1. The molecule has 1 saturated heterocycles. The summed E-state index contributed by atoms with van der Waals surface area (Å²) in [6, 6.07) is 0.946. The monoisotopic (exact) mass is 317 g/mol. The van der Waals surface area contributed by atoms with Crippen LogP contribution in [0.4, 0.5) is 0 Å². The first-order valence-electron chi connectivity index (χ1n) is 7.68. The molecule has 1 aliphatic heterocycles. The molecule has 0 aromatic carbocycles. The van der Waals surface area contributed by atoms with Gasteiger partial charge in [-0.3, -0.25) is 4.79 Å². The molecule has 2 saturated carbocycles. The Balaban J connectivity index is 1.52. The van der Waals surface area contributed by atoms with E-state index in [0.717, 1.165) is 25.7 Å². The van der Waals surface area contributed by atoms with Crippen molar-refractivity contribution in [2.45, 2.75) is 62.3 Å². The zero-order valence-corrected chi connectivity index (χ0v) is 13.4. The van der Waals surface area contributed by atoms with Gasteiger partial charge in [0, 0.05) is 17.3 Å². The van der Waals surface area contributed by atoms with E-state index in [9.17, 15) is 13.2 Å². The van der Waals surface area contributed by atoms with Crippen LogP contribution in [0.2, 0.25) is 0 Å². The molecule has 4 nitrogen and oxygen atoms in total. The Morgan fingerprint density at radius 1 is 1.05 bits per heavy atom. The van der Waals surface area contributed by atoms with E-state index in [2.05, 4.69) is 4.90 Å². The van der Waals surface area contributed by atoms with Gasteiger partial charge in [-0.15, -0.1) is 11.8 Å². The van der Waals surface area contributed by atoms with E-state index >= 15 is 0 Å². The van der Waals surface area contributed by atoms with E-state index in [4.69, 9.17) is 0 Å². The van der Waals surface area contributed by atoms with Crippen molar-refractivity contribution in [2.24, 2.45) is 0 Å². The van der Waals surface area contributed by atoms with Crippen LogP contribution in [0.5, 0.6) is 0 Å². The summed E-state index contributed by atoms with van der Waals surface area (Å²) in [6.07, 6.45) is 7.84. The average Bonchev–Trinajstić information content (AvgIpc) is 2.94. The first-order valence-corrected chi connectivity index (χ1v) is 10.6. The third kappa shape index (κ3) is 3.50. The number of nitrogens with zero attached hydrogens (tertiary/aromatic N) is 1. The maximum Gasteiger partial charge on any atom is 0.233 e. The second-order valence-electron chi connectivity index (χ2n) is 6.31. The van der Waals surface area contributed by atoms with Crippen LogP contribution >= 0.6 is 11.8 Å². The predicted octanol–water partition coefficient (Wildman–Crippen LogP) is 1.84. The summed E-state index contributed by atoms with van der Waals surface area (Å²) in [5.74, 6) is 1.27. The molecular formula is C14H23NO3S2. The summed E-state index contributed by atoms with van der Waals surface area (Å²) < 4.78 is 22.9. The van der Waals surface area contributed by atoms with Crippen molar-refractivity contribution in [1.82, 2.24) is 4.90 Å². The second-order valence-corrected chi connectivity index (χ2v) is 9.82. The minimum atomic E-state index is -2.83. The standard InChI is InChI=1S/C14H23NO3S2/c16-14(9-19-13-7-8-20(17,18)10-13)15(12-5-6-12)11-3-1-2-4-11/h11-13H,1-10H2/t13-/m1/s1. The van der Waals surface area contributed by atoms with Gasteiger partial charge in [-0.25, -0.2) is 8.42 Å². The van der Waals surface area contributed by atoms with Crippen molar-refractivity contribution in [3.63, 3.8) is 0 Å². The molecule has 0 aromatic heterocycles. The van der Waals surface area contributed by atoms with Gasteiger partial charge in [0.05, 0.1) is 17.3 Å². The minimum absolute atomic E-state index is 0.133. The van der Waals surface area contributed by atoms with Gasteiger partial charge in [-0.05, 0) is 32.1 Å². The van der Waals surface area contributed by atoms with Gasteiger partial charge in [-0.2, -0.15) is 0 Å². The molecule has 1 atom stereocenters. The number of sulfone groups is 1. The van der Waals surface area contributed by atoms with E-state index in [1.54, 1.807) is 11.8 Å². The maximum atomic E-state index is 12.5. The fraction of sp³-hybridized carbons (Fsp3) is 0.929. The highest BCUT2D eigenvalue weighted by atomic mass is 32.2. The van der Waals surface area contributed by atoms with Crippen LogP contribution in [-0.4, -0.2) is 53.8 Å². The number of amides is 1. The molecule has 0 aromatic rings. The molecule has 3 fully saturated rings. The molecular weight excluding hydrogens is 294 g/mol. The summed E-state index contributed by atoms with van der Waals surface area (Å²) in [4.78, 5) is 14.6. The Bertz CT molecular complexity index is 467.